The van der Waals surface area contributed by atoms with Crippen LogP contribution in [0.4, 0.5) is 8.78 Å². The molecular weight excluding hydrogens is 344 g/mol. The summed E-state index contributed by atoms with van der Waals surface area (Å²) in [6, 6.07) is 9.17. The Labute approximate surface area is 149 Å². The standard InChI is InChI=1S/C19H19F2NO4/c1-12(2)22(10-9-18(23)24)19(25)13-3-5-14(6-4-13)26-15-7-8-16(20)17(21)11-15/h3-8,11-12H,9-10H2,1-2H3,(H,23,24). The summed E-state index contributed by atoms with van der Waals surface area (Å²) in [5.41, 5.74) is 0.377. The van der Waals surface area contributed by atoms with Crippen LogP contribution in [0.3, 0.4) is 0 Å². The number of rotatable bonds is 7. The average Bonchev–Trinajstić information content (AvgIpc) is 2.58. The molecule has 0 atom stereocenters. The molecular formula is C19H19F2NO4. The summed E-state index contributed by atoms with van der Waals surface area (Å²) in [6.07, 6.45) is -0.138. The zero-order valence-corrected chi connectivity index (χ0v) is 14.4. The minimum Gasteiger partial charge on any atom is -0.481 e. The number of hydrogen-bond acceptors (Lipinski definition) is 3. The quantitative estimate of drug-likeness (QED) is 0.805. The van der Waals surface area contributed by atoms with Crippen molar-refractivity contribution in [2.24, 2.45) is 0 Å². The third kappa shape index (κ3) is 5.02. The zero-order chi connectivity index (χ0) is 19.3. The summed E-state index contributed by atoms with van der Waals surface area (Å²) in [7, 11) is 0. The van der Waals surface area contributed by atoms with Crippen molar-refractivity contribution in [2.45, 2.75) is 26.3 Å². The SMILES string of the molecule is CC(C)N(CCC(=O)O)C(=O)c1ccc(Oc2ccc(F)c(F)c2)cc1. The summed E-state index contributed by atoms with van der Waals surface area (Å²) >= 11 is 0. The molecule has 1 N–H and O–H groups in total. The van der Waals surface area contributed by atoms with Gasteiger partial charge in [0.25, 0.3) is 5.91 Å². The number of benzene rings is 2. The maximum absolute atomic E-state index is 13.2. The lowest BCUT2D eigenvalue weighted by molar-refractivity contribution is -0.137. The first-order valence-electron chi connectivity index (χ1n) is 8.03. The van der Waals surface area contributed by atoms with E-state index in [1.165, 1.54) is 35.2 Å². The van der Waals surface area contributed by atoms with Crippen molar-refractivity contribution in [3.63, 3.8) is 0 Å². The third-order valence-corrected chi connectivity index (χ3v) is 3.68. The molecule has 0 saturated heterocycles. The van der Waals surface area contributed by atoms with Crippen molar-refractivity contribution >= 4 is 11.9 Å². The number of aliphatic carboxylic acids is 1. The van der Waals surface area contributed by atoms with Gasteiger partial charge in [0, 0.05) is 24.2 Å². The Bertz CT molecular complexity index is 791. The van der Waals surface area contributed by atoms with Gasteiger partial charge in [-0.05, 0) is 50.2 Å². The van der Waals surface area contributed by atoms with Crippen LogP contribution in [0.15, 0.2) is 42.5 Å². The maximum Gasteiger partial charge on any atom is 0.305 e. The summed E-state index contributed by atoms with van der Waals surface area (Å²) in [5, 5.41) is 8.81. The highest BCUT2D eigenvalue weighted by Gasteiger charge is 2.19. The van der Waals surface area contributed by atoms with Crippen LogP contribution in [0.25, 0.3) is 0 Å². The zero-order valence-electron chi connectivity index (χ0n) is 14.4. The van der Waals surface area contributed by atoms with Gasteiger partial charge in [-0.3, -0.25) is 9.59 Å². The number of nitrogens with zero attached hydrogens (tertiary/aromatic N) is 1. The van der Waals surface area contributed by atoms with Crippen LogP contribution in [0, 0.1) is 11.6 Å². The molecule has 7 heteroatoms. The van der Waals surface area contributed by atoms with Gasteiger partial charge in [0.05, 0.1) is 6.42 Å². The van der Waals surface area contributed by atoms with Crippen molar-refractivity contribution in [3.05, 3.63) is 59.7 Å². The predicted molar refractivity (Wildman–Crippen MR) is 91.3 cm³/mol. The number of carbonyl (C=O) groups is 2. The highest BCUT2D eigenvalue weighted by molar-refractivity contribution is 5.94. The average molecular weight is 363 g/mol. The Kier molecular flexibility index (Phi) is 6.27. The lowest BCUT2D eigenvalue weighted by atomic mass is 10.1. The number of halogens is 2. The molecule has 0 fully saturated rings. The first kappa shape index (κ1) is 19.4. The van der Waals surface area contributed by atoms with Gasteiger partial charge in [-0.25, -0.2) is 8.78 Å². The lowest BCUT2D eigenvalue weighted by Gasteiger charge is -2.26. The van der Waals surface area contributed by atoms with Crippen molar-refractivity contribution in [3.8, 4) is 11.5 Å². The second kappa shape index (κ2) is 8.42. The van der Waals surface area contributed by atoms with E-state index in [1.54, 1.807) is 13.8 Å². The molecule has 0 aromatic heterocycles. The number of carboxylic acids is 1. The second-order valence-corrected chi connectivity index (χ2v) is 5.94. The van der Waals surface area contributed by atoms with E-state index in [2.05, 4.69) is 0 Å². The molecule has 5 nitrogen and oxygen atoms in total. The van der Waals surface area contributed by atoms with Crippen LogP contribution < -0.4 is 4.74 Å². The molecule has 0 bridgehead atoms. The Morgan fingerprint density at radius 3 is 2.19 bits per heavy atom. The number of amides is 1. The van der Waals surface area contributed by atoms with Crippen LogP contribution >= 0.6 is 0 Å². The van der Waals surface area contributed by atoms with Gasteiger partial charge in [0.2, 0.25) is 0 Å². The Hall–Kier alpha value is -2.96. The second-order valence-electron chi connectivity index (χ2n) is 5.94. The van der Waals surface area contributed by atoms with E-state index in [0.29, 0.717) is 11.3 Å². The van der Waals surface area contributed by atoms with E-state index in [4.69, 9.17) is 9.84 Å². The molecule has 0 aliphatic rings. The van der Waals surface area contributed by atoms with Gasteiger partial charge in [0.15, 0.2) is 11.6 Å². The lowest BCUT2D eigenvalue weighted by Crippen LogP contribution is -2.38. The third-order valence-electron chi connectivity index (χ3n) is 3.68. The topological polar surface area (TPSA) is 66.8 Å². The van der Waals surface area contributed by atoms with Crippen LogP contribution in [0.5, 0.6) is 11.5 Å². The molecule has 0 radical (unpaired) electrons. The van der Waals surface area contributed by atoms with Crippen molar-refractivity contribution < 1.29 is 28.2 Å². The summed E-state index contributed by atoms with van der Waals surface area (Å²) in [6.45, 7) is 3.72. The number of carboxylic acid groups (broad SMARTS) is 1. The van der Waals surface area contributed by atoms with Crippen molar-refractivity contribution in [1.29, 1.82) is 0 Å². The highest BCUT2D eigenvalue weighted by Crippen LogP contribution is 2.24. The Balaban J connectivity index is 2.10. The smallest absolute Gasteiger partial charge is 0.305 e. The highest BCUT2D eigenvalue weighted by atomic mass is 19.2. The predicted octanol–water partition coefficient (Wildman–Crippen LogP) is 4.08. The van der Waals surface area contributed by atoms with E-state index in [9.17, 15) is 18.4 Å². The molecule has 2 rings (SSSR count). The van der Waals surface area contributed by atoms with Gasteiger partial charge in [-0.2, -0.15) is 0 Å². The largest absolute Gasteiger partial charge is 0.481 e. The van der Waals surface area contributed by atoms with Crippen LogP contribution in [0.2, 0.25) is 0 Å². The maximum atomic E-state index is 13.2. The number of ether oxygens (including phenoxy) is 1. The summed E-state index contributed by atoms with van der Waals surface area (Å²) in [4.78, 5) is 24.8. The van der Waals surface area contributed by atoms with E-state index in [0.717, 1.165) is 12.1 Å². The van der Waals surface area contributed by atoms with Gasteiger partial charge >= 0.3 is 5.97 Å². The van der Waals surface area contributed by atoms with E-state index >= 15 is 0 Å². The van der Waals surface area contributed by atoms with Crippen molar-refractivity contribution in [2.75, 3.05) is 6.54 Å². The van der Waals surface area contributed by atoms with Crippen LogP contribution in [0.1, 0.15) is 30.6 Å². The van der Waals surface area contributed by atoms with Gasteiger partial charge < -0.3 is 14.7 Å². The molecule has 1 amide bonds. The summed E-state index contributed by atoms with van der Waals surface area (Å²) in [5.74, 6) is -2.75. The Morgan fingerprint density at radius 1 is 1.04 bits per heavy atom. The van der Waals surface area contributed by atoms with Gasteiger partial charge in [-0.1, -0.05) is 0 Å². The van der Waals surface area contributed by atoms with Crippen LogP contribution in [-0.2, 0) is 4.79 Å². The van der Waals surface area contributed by atoms with Crippen LogP contribution in [-0.4, -0.2) is 34.5 Å². The molecule has 2 aromatic carbocycles. The first-order valence-corrected chi connectivity index (χ1v) is 8.03. The summed E-state index contributed by atoms with van der Waals surface area (Å²) < 4.78 is 31.5. The fourth-order valence-electron chi connectivity index (χ4n) is 2.32. The van der Waals surface area contributed by atoms with E-state index < -0.39 is 17.6 Å². The van der Waals surface area contributed by atoms with Gasteiger partial charge in [0.1, 0.15) is 11.5 Å². The molecule has 26 heavy (non-hydrogen) atoms. The monoisotopic (exact) mass is 363 g/mol. The van der Waals surface area contributed by atoms with E-state index in [-0.39, 0.29) is 30.7 Å². The molecule has 0 unspecified atom stereocenters. The van der Waals surface area contributed by atoms with Crippen molar-refractivity contribution in [1.82, 2.24) is 4.90 Å². The fraction of sp³-hybridized carbons (Fsp3) is 0.263. The molecule has 0 heterocycles. The molecule has 0 saturated carbocycles. The van der Waals surface area contributed by atoms with Gasteiger partial charge in [-0.15, -0.1) is 0 Å². The fourth-order valence-corrected chi connectivity index (χ4v) is 2.32. The number of hydrogen-bond donors (Lipinski definition) is 1. The molecule has 0 aliphatic heterocycles. The molecule has 138 valence electrons. The van der Waals surface area contributed by atoms with E-state index in [1.807, 2.05) is 0 Å². The number of carbonyl (C=O) groups excluding carboxylic acids is 1. The first-order chi connectivity index (χ1) is 12.3. The molecule has 2 aromatic rings. The minimum absolute atomic E-state index is 0.110. The minimum atomic E-state index is -1.01. The Morgan fingerprint density at radius 2 is 1.65 bits per heavy atom. The molecule has 0 aliphatic carbocycles. The molecule has 0 spiro atoms. The normalized spacial score (nSPS) is 10.7.